The molecule has 0 amide bonds. The lowest BCUT2D eigenvalue weighted by atomic mass is 9.84. The summed E-state index contributed by atoms with van der Waals surface area (Å²) in [5, 5.41) is 0. The third-order valence-corrected chi connectivity index (χ3v) is 4.18. The first-order valence-electron chi connectivity index (χ1n) is 6.78. The lowest BCUT2D eigenvalue weighted by Gasteiger charge is -2.17. The molecule has 0 aromatic heterocycles. The SMILES string of the molecule is O=C(Cc1ccc(C(F)(F)F)cc1)C1CC2CCC1O2. The molecule has 2 aliphatic heterocycles. The van der Waals surface area contributed by atoms with E-state index >= 15 is 0 Å². The largest absolute Gasteiger partial charge is 0.416 e. The minimum absolute atomic E-state index is 0.0296. The Balaban J connectivity index is 1.64. The number of carbonyl (C=O) groups is 1. The van der Waals surface area contributed by atoms with Gasteiger partial charge in [-0.3, -0.25) is 4.79 Å². The van der Waals surface area contributed by atoms with Crippen LogP contribution in [0.2, 0.25) is 0 Å². The predicted molar refractivity (Wildman–Crippen MR) is 66.2 cm³/mol. The van der Waals surface area contributed by atoms with Gasteiger partial charge in [-0.25, -0.2) is 0 Å². The summed E-state index contributed by atoms with van der Waals surface area (Å²) in [6, 6.07) is 4.82. The van der Waals surface area contributed by atoms with Gasteiger partial charge >= 0.3 is 6.18 Å². The summed E-state index contributed by atoms with van der Waals surface area (Å²) in [6.07, 6.45) is -1.19. The monoisotopic (exact) mass is 284 g/mol. The molecule has 0 aliphatic carbocycles. The summed E-state index contributed by atoms with van der Waals surface area (Å²) in [5.74, 6) is 0.00741. The van der Waals surface area contributed by atoms with E-state index in [0.717, 1.165) is 31.4 Å². The minimum atomic E-state index is -4.33. The Morgan fingerprint density at radius 3 is 2.40 bits per heavy atom. The van der Waals surface area contributed by atoms with Crippen molar-refractivity contribution >= 4 is 5.78 Å². The molecule has 1 aromatic carbocycles. The normalized spacial score (nSPS) is 28.9. The summed E-state index contributed by atoms with van der Waals surface area (Å²) in [4.78, 5) is 12.2. The van der Waals surface area contributed by atoms with Crippen molar-refractivity contribution in [3.8, 4) is 0 Å². The van der Waals surface area contributed by atoms with Gasteiger partial charge in [-0.05, 0) is 37.0 Å². The molecule has 0 spiro atoms. The van der Waals surface area contributed by atoms with Crippen LogP contribution >= 0.6 is 0 Å². The Morgan fingerprint density at radius 2 is 1.90 bits per heavy atom. The van der Waals surface area contributed by atoms with Gasteiger partial charge in [0.1, 0.15) is 5.78 Å². The first-order chi connectivity index (χ1) is 9.43. The highest BCUT2D eigenvalue weighted by Gasteiger charge is 2.43. The molecule has 20 heavy (non-hydrogen) atoms. The smallest absolute Gasteiger partial charge is 0.374 e. The number of benzene rings is 1. The van der Waals surface area contributed by atoms with Crippen LogP contribution in [0.1, 0.15) is 30.4 Å². The highest BCUT2D eigenvalue weighted by Crippen LogP contribution is 2.39. The van der Waals surface area contributed by atoms with Crippen LogP contribution in [0.25, 0.3) is 0 Å². The maximum absolute atomic E-state index is 12.4. The Morgan fingerprint density at radius 1 is 1.20 bits per heavy atom. The zero-order valence-electron chi connectivity index (χ0n) is 10.8. The molecule has 0 radical (unpaired) electrons. The Hall–Kier alpha value is -1.36. The van der Waals surface area contributed by atoms with Crippen LogP contribution in [0.5, 0.6) is 0 Å². The number of halogens is 3. The zero-order chi connectivity index (χ0) is 14.3. The lowest BCUT2D eigenvalue weighted by molar-refractivity contribution is -0.137. The molecule has 2 nitrogen and oxygen atoms in total. The molecule has 0 N–H and O–H groups in total. The average Bonchev–Trinajstić information content (AvgIpc) is 3.00. The third kappa shape index (κ3) is 2.59. The van der Waals surface area contributed by atoms with E-state index in [1.54, 1.807) is 0 Å². The second kappa shape index (κ2) is 4.88. The van der Waals surface area contributed by atoms with Gasteiger partial charge < -0.3 is 4.74 Å². The van der Waals surface area contributed by atoms with Gasteiger partial charge in [0.2, 0.25) is 0 Å². The van der Waals surface area contributed by atoms with Gasteiger partial charge in [0, 0.05) is 12.3 Å². The second-order valence-electron chi connectivity index (χ2n) is 5.55. The standard InChI is InChI=1S/C15H15F3O2/c16-15(17,18)10-3-1-9(2-4-10)7-13(19)12-8-11-5-6-14(12)20-11/h1-4,11-12,14H,5-8H2. The molecule has 2 bridgehead atoms. The molecule has 0 saturated carbocycles. The molecule has 5 heteroatoms. The second-order valence-corrected chi connectivity index (χ2v) is 5.55. The fraction of sp³-hybridized carbons (Fsp3) is 0.533. The number of ether oxygens (including phenoxy) is 1. The molecule has 3 rings (SSSR count). The number of ketones is 1. The third-order valence-electron chi connectivity index (χ3n) is 4.18. The first-order valence-corrected chi connectivity index (χ1v) is 6.78. The molecule has 2 saturated heterocycles. The van der Waals surface area contributed by atoms with Crippen molar-refractivity contribution in [1.29, 1.82) is 0 Å². The van der Waals surface area contributed by atoms with E-state index in [-0.39, 0.29) is 30.3 Å². The van der Waals surface area contributed by atoms with Gasteiger partial charge in [0.05, 0.1) is 17.8 Å². The van der Waals surface area contributed by atoms with Crippen molar-refractivity contribution in [2.45, 2.75) is 44.1 Å². The maximum atomic E-state index is 12.4. The van der Waals surface area contributed by atoms with Crippen molar-refractivity contribution in [2.75, 3.05) is 0 Å². The fourth-order valence-corrected chi connectivity index (χ4v) is 3.12. The number of hydrogen-bond acceptors (Lipinski definition) is 2. The Kier molecular flexibility index (Phi) is 3.32. The predicted octanol–water partition coefficient (Wildman–Crippen LogP) is 3.38. The molecule has 2 fully saturated rings. The van der Waals surface area contributed by atoms with E-state index in [1.807, 2.05) is 0 Å². The van der Waals surface area contributed by atoms with Gasteiger partial charge in [-0.15, -0.1) is 0 Å². The molecule has 1 aromatic rings. The number of hydrogen-bond donors (Lipinski definition) is 0. The Labute approximate surface area is 114 Å². The number of carbonyl (C=O) groups excluding carboxylic acids is 1. The van der Waals surface area contributed by atoms with E-state index in [1.165, 1.54) is 12.1 Å². The van der Waals surface area contributed by atoms with Crippen LogP contribution in [0, 0.1) is 5.92 Å². The highest BCUT2D eigenvalue weighted by molar-refractivity contribution is 5.84. The lowest BCUT2D eigenvalue weighted by Crippen LogP contribution is -2.26. The Bertz CT molecular complexity index is 507. The first kappa shape index (κ1) is 13.6. The van der Waals surface area contributed by atoms with Gasteiger partial charge in [-0.2, -0.15) is 13.2 Å². The van der Waals surface area contributed by atoms with Crippen molar-refractivity contribution < 1.29 is 22.7 Å². The van der Waals surface area contributed by atoms with Crippen molar-refractivity contribution in [2.24, 2.45) is 5.92 Å². The summed E-state index contributed by atoms with van der Waals surface area (Å²) < 4.78 is 43.0. The van der Waals surface area contributed by atoms with Crippen molar-refractivity contribution in [3.63, 3.8) is 0 Å². The van der Waals surface area contributed by atoms with Crippen molar-refractivity contribution in [3.05, 3.63) is 35.4 Å². The maximum Gasteiger partial charge on any atom is 0.416 e. The van der Waals surface area contributed by atoms with Crippen LogP contribution in [0.4, 0.5) is 13.2 Å². The van der Waals surface area contributed by atoms with E-state index in [4.69, 9.17) is 4.74 Å². The molecule has 2 aliphatic rings. The summed E-state index contributed by atoms with van der Waals surface area (Å²) >= 11 is 0. The summed E-state index contributed by atoms with van der Waals surface area (Å²) in [5.41, 5.74) is -0.0530. The highest BCUT2D eigenvalue weighted by atomic mass is 19.4. The van der Waals surface area contributed by atoms with Gasteiger partial charge in [-0.1, -0.05) is 12.1 Å². The molecule has 3 unspecified atom stereocenters. The summed E-state index contributed by atoms with van der Waals surface area (Å²) in [7, 11) is 0. The minimum Gasteiger partial charge on any atom is -0.374 e. The van der Waals surface area contributed by atoms with E-state index in [9.17, 15) is 18.0 Å². The van der Waals surface area contributed by atoms with Crippen LogP contribution in [0.15, 0.2) is 24.3 Å². The van der Waals surface area contributed by atoms with Crippen LogP contribution in [0.3, 0.4) is 0 Å². The average molecular weight is 284 g/mol. The number of fused-ring (bicyclic) bond motifs is 2. The van der Waals surface area contributed by atoms with Gasteiger partial charge in [0.15, 0.2) is 0 Å². The van der Waals surface area contributed by atoms with E-state index < -0.39 is 11.7 Å². The van der Waals surface area contributed by atoms with E-state index in [2.05, 4.69) is 0 Å². The number of Topliss-reactive ketones (excluding diaryl/α,β-unsaturated/α-hetero) is 1. The van der Waals surface area contributed by atoms with Crippen LogP contribution in [-0.2, 0) is 22.1 Å². The molecular weight excluding hydrogens is 269 g/mol. The number of rotatable bonds is 3. The van der Waals surface area contributed by atoms with Crippen LogP contribution in [-0.4, -0.2) is 18.0 Å². The molecular formula is C15H15F3O2. The zero-order valence-corrected chi connectivity index (χ0v) is 10.8. The molecule has 108 valence electrons. The topological polar surface area (TPSA) is 26.3 Å². The van der Waals surface area contributed by atoms with Crippen molar-refractivity contribution in [1.82, 2.24) is 0 Å². The van der Waals surface area contributed by atoms with E-state index in [0.29, 0.717) is 5.56 Å². The quantitative estimate of drug-likeness (QED) is 0.850. The fourth-order valence-electron chi connectivity index (χ4n) is 3.12. The summed E-state index contributed by atoms with van der Waals surface area (Å²) in [6.45, 7) is 0. The number of alkyl halides is 3. The molecule has 3 atom stereocenters. The van der Waals surface area contributed by atoms with Crippen LogP contribution < -0.4 is 0 Å². The molecule has 2 heterocycles. The van der Waals surface area contributed by atoms with Gasteiger partial charge in [0.25, 0.3) is 0 Å².